The number of nitrogens with one attached hydrogen (secondary N) is 2. The number of nitrogens with zero attached hydrogens (tertiary/aromatic N) is 2. The Balaban J connectivity index is 1.79. The number of amides is 1. The molecule has 24 heavy (non-hydrogen) atoms. The molecule has 1 aliphatic heterocycles. The number of aromatic amines is 1. The first-order valence-corrected chi connectivity index (χ1v) is 8.35. The lowest BCUT2D eigenvalue weighted by atomic mass is 9.92. The Labute approximate surface area is 140 Å². The molecule has 2 N–H and O–H groups in total. The van der Waals surface area contributed by atoms with Gasteiger partial charge in [-0.05, 0) is 32.1 Å². The van der Waals surface area contributed by atoms with Gasteiger partial charge in [0.1, 0.15) is 11.1 Å². The summed E-state index contributed by atoms with van der Waals surface area (Å²) in [4.78, 5) is 26.6. The van der Waals surface area contributed by atoms with Crippen LogP contribution in [0.1, 0.15) is 31.7 Å². The monoisotopic (exact) mass is 332 g/mol. The smallest absolute Gasteiger partial charge is 0.277 e. The van der Waals surface area contributed by atoms with Gasteiger partial charge in [-0.25, -0.2) is 5.10 Å². The van der Waals surface area contributed by atoms with Crippen LogP contribution >= 0.6 is 0 Å². The minimum absolute atomic E-state index is 0.166. The van der Waals surface area contributed by atoms with Crippen LogP contribution in [-0.4, -0.2) is 40.6 Å². The van der Waals surface area contributed by atoms with E-state index in [1.54, 1.807) is 13.8 Å². The summed E-state index contributed by atoms with van der Waals surface area (Å²) in [6, 6.07) is 0. The normalized spacial score (nSPS) is 22.0. The highest BCUT2D eigenvalue weighted by Crippen LogP contribution is 2.28. The summed E-state index contributed by atoms with van der Waals surface area (Å²) in [7, 11) is 0. The second-order valence-corrected chi connectivity index (χ2v) is 7.06. The Kier molecular flexibility index (Phi) is 4.45. The van der Waals surface area contributed by atoms with Crippen LogP contribution in [0.4, 0.5) is 5.88 Å². The van der Waals surface area contributed by atoms with Gasteiger partial charge in [0.05, 0.1) is 17.6 Å². The molecule has 2 aromatic heterocycles. The van der Waals surface area contributed by atoms with Gasteiger partial charge in [-0.2, -0.15) is 5.10 Å². The van der Waals surface area contributed by atoms with Crippen molar-refractivity contribution in [3.63, 3.8) is 0 Å². The number of aryl methyl sites for hydroxylation is 2. The van der Waals surface area contributed by atoms with Crippen LogP contribution in [0.2, 0.25) is 0 Å². The molecular formula is C17H24N4O3. The van der Waals surface area contributed by atoms with E-state index in [9.17, 15) is 9.59 Å². The Morgan fingerprint density at radius 1 is 1.29 bits per heavy atom. The number of fused-ring (bicyclic) bond motifs is 1. The maximum Gasteiger partial charge on any atom is 0.277 e. The van der Waals surface area contributed by atoms with Gasteiger partial charge in [-0.1, -0.05) is 13.8 Å². The number of piperidine rings is 1. The Hall–Kier alpha value is -2.15. The van der Waals surface area contributed by atoms with Gasteiger partial charge in [-0.3, -0.25) is 19.8 Å². The molecule has 0 aromatic carbocycles. The molecule has 1 saturated heterocycles. The van der Waals surface area contributed by atoms with Crippen molar-refractivity contribution in [1.82, 2.24) is 15.1 Å². The van der Waals surface area contributed by atoms with Gasteiger partial charge in [0.2, 0.25) is 11.8 Å². The molecule has 130 valence electrons. The largest absolute Gasteiger partial charge is 0.444 e. The fraction of sp³-hybridized carbons (Fsp3) is 0.588. The van der Waals surface area contributed by atoms with E-state index < -0.39 is 0 Å². The van der Waals surface area contributed by atoms with Crippen LogP contribution in [0.3, 0.4) is 0 Å². The lowest BCUT2D eigenvalue weighted by Crippen LogP contribution is -2.42. The predicted octanol–water partition coefficient (Wildman–Crippen LogP) is 2.05. The highest BCUT2D eigenvalue weighted by atomic mass is 16.4. The molecule has 3 heterocycles. The summed E-state index contributed by atoms with van der Waals surface area (Å²) in [6.45, 7) is 10.1. The Morgan fingerprint density at radius 3 is 2.62 bits per heavy atom. The Bertz CT molecular complexity index is 813. The first-order valence-electron chi connectivity index (χ1n) is 8.35. The minimum atomic E-state index is -0.358. The summed E-state index contributed by atoms with van der Waals surface area (Å²) in [5, 5.41) is 10.2. The molecule has 7 nitrogen and oxygen atoms in total. The van der Waals surface area contributed by atoms with Gasteiger partial charge >= 0.3 is 0 Å². The molecule has 0 saturated carbocycles. The first-order chi connectivity index (χ1) is 11.3. The van der Waals surface area contributed by atoms with Crippen LogP contribution in [0.15, 0.2) is 9.21 Å². The topological polar surface area (TPSA) is 91.2 Å². The fourth-order valence-corrected chi connectivity index (χ4v) is 3.82. The molecule has 0 aliphatic carbocycles. The number of furan rings is 1. The standard InChI is InChI=1S/C17H24N4O3/c1-9-5-10(2)7-21(6-9)8-13(22)18-17-15-14(12(4)24-17)11(3)19-20-16(15)23/h9-10H,5-8H2,1-4H3,(H,18,22)(H,20,23)/t9-,10+. The van der Waals surface area contributed by atoms with E-state index in [0.29, 0.717) is 40.6 Å². The molecule has 7 heteroatoms. The number of hydrogen-bond acceptors (Lipinski definition) is 5. The third-order valence-corrected chi connectivity index (χ3v) is 4.56. The van der Waals surface area contributed by atoms with Crippen molar-refractivity contribution in [1.29, 1.82) is 0 Å². The van der Waals surface area contributed by atoms with Gasteiger partial charge < -0.3 is 4.42 Å². The van der Waals surface area contributed by atoms with Crippen molar-refractivity contribution in [3.8, 4) is 0 Å². The molecule has 3 rings (SSSR count). The number of carbonyl (C=O) groups excluding carboxylic acids is 1. The Morgan fingerprint density at radius 2 is 1.96 bits per heavy atom. The third-order valence-electron chi connectivity index (χ3n) is 4.56. The molecule has 0 unspecified atom stereocenters. The lowest BCUT2D eigenvalue weighted by Gasteiger charge is -2.34. The zero-order valence-electron chi connectivity index (χ0n) is 14.6. The van der Waals surface area contributed by atoms with Crippen LogP contribution in [-0.2, 0) is 4.79 Å². The second kappa shape index (κ2) is 6.39. The van der Waals surface area contributed by atoms with Crippen molar-refractivity contribution in [2.75, 3.05) is 25.0 Å². The zero-order chi connectivity index (χ0) is 17.4. The number of H-pyrrole nitrogens is 1. The third kappa shape index (κ3) is 3.21. The van der Waals surface area contributed by atoms with E-state index >= 15 is 0 Å². The summed E-state index contributed by atoms with van der Waals surface area (Å²) in [6.07, 6.45) is 1.20. The van der Waals surface area contributed by atoms with Crippen molar-refractivity contribution in [3.05, 3.63) is 21.8 Å². The lowest BCUT2D eigenvalue weighted by molar-refractivity contribution is -0.118. The maximum absolute atomic E-state index is 12.4. The molecule has 2 atom stereocenters. The van der Waals surface area contributed by atoms with Crippen molar-refractivity contribution in [2.45, 2.75) is 34.1 Å². The summed E-state index contributed by atoms with van der Waals surface area (Å²) in [5.74, 6) is 1.80. The van der Waals surface area contributed by atoms with Crippen molar-refractivity contribution < 1.29 is 9.21 Å². The fourth-order valence-electron chi connectivity index (χ4n) is 3.82. The summed E-state index contributed by atoms with van der Waals surface area (Å²) < 4.78 is 5.62. The predicted molar refractivity (Wildman–Crippen MR) is 92.1 cm³/mol. The van der Waals surface area contributed by atoms with E-state index in [-0.39, 0.29) is 17.4 Å². The minimum Gasteiger partial charge on any atom is -0.444 e. The molecule has 1 aliphatic rings. The quantitative estimate of drug-likeness (QED) is 0.897. The zero-order valence-corrected chi connectivity index (χ0v) is 14.6. The van der Waals surface area contributed by atoms with Crippen LogP contribution in [0.25, 0.3) is 10.8 Å². The first kappa shape index (κ1) is 16.7. The number of likely N-dealkylation sites (tertiary alicyclic amines) is 1. The van der Waals surface area contributed by atoms with Crippen LogP contribution < -0.4 is 10.9 Å². The maximum atomic E-state index is 12.4. The number of hydrogen-bond donors (Lipinski definition) is 2. The van der Waals surface area contributed by atoms with Crippen LogP contribution in [0.5, 0.6) is 0 Å². The average Bonchev–Trinajstić information content (AvgIpc) is 2.79. The molecular weight excluding hydrogens is 308 g/mol. The van der Waals surface area contributed by atoms with Gasteiger partial charge in [-0.15, -0.1) is 0 Å². The van der Waals surface area contributed by atoms with Gasteiger partial charge in [0, 0.05) is 13.1 Å². The van der Waals surface area contributed by atoms with Crippen molar-refractivity contribution in [2.24, 2.45) is 11.8 Å². The van der Waals surface area contributed by atoms with E-state index in [1.165, 1.54) is 6.42 Å². The van der Waals surface area contributed by atoms with E-state index in [0.717, 1.165) is 13.1 Å². The van der Waals surface area contributed by atoms with Crippen molar-refractivity contribution >= 4 is 22.6 Å². The van der Waals surface area contributed by atoms with Crippen LogP contribution in [0, 0.1) is 25.7 Å². The molecule has 0 bridgehead atoms. The number of rotatable bonds is 3. The molecule has 1 amide bonds. The molecule has 2 aromatic rings. The highest BCUT2D eigenvalue weighted by Gasteiger charge is 2.24. The molecule has 0 radical (unpaired) electrons. The highest BCUT2D eigenvalue weighted by molar-refractivity contribution is 6.01. The van der Waals surface area contributed by atoms with E-state index in [2.05, 4.69) is 34.3 Å². The summed E-state index contributed by atoms with van der Waals surface area (Å²) >= 11 is 0. The SMILES string of the molecule is Cc1n[nH]c(=O)c2c(NC(=O)CN3C[C@H](C)C[C@H](C)C3)oc(C)c12. The number of aromatic nitrogens is 2. The number of anilines is 1. The van der Waals surface area contributed by atoms with E-state index in [1.807, 2.05) is 0 Å². The number of carbonyl (C=O) groups is 1. The van der Waals surface area contributed by atoms with Gasteiger partial charge in [0.25, 0.3) is 5.56 Å². The molecule has 0 spiro atoms. The van der Waals surface area contributed by atoms with Gasteiger partial charge in [0.15, 0.2) is 0 Å². The second-order valence-electron chi connectivity index (χ2n) is 7.06. The molecule has 1 fully saturated rings. The van der Waals surface area contributed by atoms with E-state index in [4.69, 9.17) is 4.42 Å². The average molecular weight is 332 g/mol. The summed E-state index contributed by atoms with van der Waals surface area (Å²) in [5.41, 5.74) is 0.313.